The number of anilines is 1. The second kappa shape index (κ2) is 7.35. The molecule has 0 fully saturated rings. The topological polar surface area (TPSA) is 50.7 Å². The van der Waals surface area contributed by atoms with Crippen LogP contribution >= 0.6 is 0 Å². The van der Waals surface area contributed by atoms with Crippen LogP contribution < -0.4 is 5.32 Å². The molecule has 0 radical (unpaired) electrons. The number of alkyl halides is 3. The van der Waals surface area contributed by atoms with Crippen molar-refractivity contribution in [3.63, 3.8) is 0 Å². The van der Waals surface area contributed by atoms with E-state index in [0.29, 0.717) is 35.1 Å². The number of pyridine rings is 1. The molecule has 0 aliphatic carbocycles. The Bertz CT molecular complexity index is 908. The molecule has 0 saturated carbocycles. The third kappa shape index (κ3) is 4.05. The van der Waals surface area contributed by atoms with Crippen LogP contribution in [0.4, 0.5) is 19.0 Å². The molecule has 0 saturated heterocycles. The summed E-state index contributed by atoms with van der Waals surface area (Å²) >= 11 is 0. The molecule has 0 amide bonds. The monoisotopic (exact) mass is 356 g/mol. The molecule has 0 spiro atoms. The van der Waals surface area contributed by atoms with Crippen molar-refractivity contribution in [1.82, 2.24) is 15.0 Å². The van der Waals surface area contributed by atoms with Crippen molar-refractivity contribution in [3.8, 4) is 22.8 Å². The SMILES string of the molecule is C=CCNc1cc(-c2cccc(C(F)(F)F)c2)nc(-c2ccccn2)n1. The Morgan fingerprint density at radius 1 is 1.00 bits per heavy atom. The lowest BCUT2D eigenvalue weighted by Crippen LogP contribution is -2.06. The molecule has 1 aromatic carbocycles. The fourth-order valence-electron chi connectivity index (χ4n) is 2.33. The molecule has 7 heteroatoms. The van der Waals surface area contributed by atoms with E-state index >= 15 is 0 Å². The lowest BCUT2D eigenvalue weighted by molar-refractivity contribution is -0.137. The fraction of sp³-hybridized carbons (Fsp3) is 0.105. The molecule has 4 nitrogen and oxygen atoms in total. The molecular weight excluding hydrogens is 341 g/mol. The number of halogens is 3. The third-order valence-corrected chi connectivity index (χ3v) is 3.53. The molecule has 2 aromatic heterocycles. The van der Waals surface area contributed by atoms with Gasteiger partial charge < -0.3 is 5.32 Å². The van der Waals surface area contributed by atoms with Gasteiger partial charge in [0.15, 0.2) is 5.82 Å². The Balaban J connectivity index is 2.10. The summed E-state index contributed by atoms with van der Waals surface area (Å²) in [5.41, 5.74) is 0.524. The van der Waals surface area contributed by atoms with Gasteiger partial charge >= 0.3 is 6.18 Å². The maximum Gasteiger partial charge on any atom is 0.416 e. The average Bonchev–Trinajstić information content (AvgIpc) is 2.66. The summed E-state index contributed by atoms with van der Waals surface area (Å²) in [5.74, 6) is 0.806. The van der Waals surface area contributed by atoms with Crippen LogP contribution in [0.1, 0.15) is 5.56 Å². The van der Waals surface area contributed by atoms with E-state index in [2.05, 4.69) is 26.8 Å². The first-order valence-electron chi connectivity index (χ1n) is 7.80. The van der Waals surface area contributed by atoms with Crippen LogP contribution in [0.5, 0.6) is 0 Å². The fourth-order valence-corrected chi connectivity index (χ4v) is 2.33. The zero-order valence-electron chi connectivity index (χ0n) is 13.7. The van der Waals surface area contributed by atoms with Crippen LogP contribution in [0.15, 0.2) is 67.4 Å². The predicted molar refractivity (Wildman–Crippen MR) is 94.4 cm³/mol. The molecule has 3 aromatic rings. The van der Waals surface area contributed by atoms with Gasteiger partial charge in [-0.3, -0.25) is 4.98 Å². The van der Waals surface area contributed by atoms with Crippen molar-refractivity contribution < 1.29 is 13.2 Å². The summed E-state index contributed by atoms with van der Waals surface area (Å²) in [6.45, 7) is 4.09. The van der Waals surface area contributed by atoms with Crippen LogP contribution in [0.2, 0.25) is 0 Å². The van der Waals surface area contributed by atoms with E-state index in [-0.39, 0.29) is 0 Å². The number of nitrogens with one attached hydrogen (secondary N) is 1. The van der Waals surface area contributed by atoms with E-state index < -0.39 is 11.7 Å². The highest BCUT2D eigenvalue weighted by Gasteiger charge is 2.30. The first-order chi connectivity index (χ1) is 12.5. The number of aromatic nitrogens is 3. The van der Waals surface area contributed by atoms with E-state index in [9.17, 15) is 13.2 Å². The zero-order chi connectivity index (χ0) is 18.6. The maximum absolute atomic E-state index is 13.0. The molecule has 132 valence electrons. The standard InChI is InChI=1S/C19H15F3N4/c1-2-9-24-17-12-16(13-6-5-7-14(11-13)19(20,21)22)25-18(26-17)15-8-3-4-10-23-15/h2-8,10-12H,1,9H2,(H,24,25,26). The molecule has 2 heterocycles. The van der Waals surface area contributed by atoms with E-state index in [4.69, 9.17) is 0 Å². The molecule has 26 heavy (non-hydrogen) atoms. The number of nitrogens with zero attached hydrogens (tertiary/aromatic N) is 3. The minimum absolute atomic E-state index is 0.326. The van der Waals surface area contributed by atoms with Crippen molar-refractivity contribution in [2.75, 3.05) is 11.9 Å². The maximum atomic E-state index is 13.0. The summed E-state index contributed by atoms with van der Waals surface area (Å²) in [6.07, 6.45) is -1.16. The highest BCUT2D eigenvalue weighted by Crippen LogP contribution is 2.32. The predicted octanol–water partition coefficient (Wildman–Crippen LogP) is 4.82. The molecule has 0 aliphatic rings. The van der Waals surface area contributed by atoms with Crippen molar-refractivity contribution in [2.45, 2.75) is 6.18 Å². The van der Waals surface area contributed by atoms with E-state index in [1.165, 1.54) is 6.07 Å². The first-order valence-corrected chi connectivity index (χ1v) is 7.80. The van der Waals surface area contributed by atoms with Gasteiger partial charge in [0.25, 0.3) is 0 Å². The third-order valence-electron chi connectivity index (χ3n) is 3.53. The van der Waals surface area contributed by atoms with Gasteiger partial charge in [-0.2, -0.15) is 13.2 Å². The largest absolute Gasteiger partial charge is 0.416 e. The first kappa shape index (κ1) is 17.6. The quantitative estimate of drug-likeness (QED) is 0.666. The lowest BCUT2D eigenvalue weighted by atomic mass is 10.1. The van der Waals surface area contributed by atoms with Gasteiger partial charge in [0.1, 0.15) is 11.5 Å². The van der Waals surface area contributed by atoms with Crippen LogP contribution in [0.3, 0.4) is 0 Å². The molecule has 0 bridgehead atoms. The average molecular weight is 356 g/mol. The Morgan fingerprint density at radius 3 is 2.54 bits per heavy atom. The number of benzene rings is 1. The van der Waals surface area contributed by atoms with Crippen molar-refractivity contribution in [1.29, 1.82) is 0 Å². The Morgan fingerprint density at radius 2 is 1.85 bits per heavy atom. The lowest BCUT2D eigenvalue weighted by Gasteiger charge is -2.11. The molecule has 1 N–H and O–H groups in total. The number of hydrogen-bond donors (Lipinski definition) is 1. The van der Waals surface area contributed by atoms with Gasteiger partial charge in [-0.1, -0.05) is 24.3 Å². The van der Waals surface area contributed by atoms with E-state index in [1.54, 1.807) is 42.6 Å². The number of hydrogen-bond acceptors (Lipinski definition) is 4. The van der Waals surface area contributed by atoms with Crippen molar-refractivity contribution >= 4 is 5.82 Å². The normalized spacial score (nSPS) is 11.2. The molecule has 0 unspecified atom stereocenters. The van der Waals surface area contributed by atoms with Crippen LogP contribution in [-0.2, 0) is 6.18 Å². The van der Waals surface area contributed by atoms with Gasteiger partial charge in [-0.05, 0) is 24.3 Å². The van der Waals surface area contributed by atoms with Gasteiger partial charge in [0.05, 0.1) is 11.3 Å². The Kier molecular flexibility index (Phi) is 4.97. The summed E-state index contributed by atoms with van der Waals surface area (Å²) in [5, 5.41) is 3.04. The summed E-state index contributed by atoms with van der Waals surface area (Å²) < 4.78 is 39.0. The van der Waals surface area contributed by atoms with Crippen LogP contribution in [-0.4, -0.2) is 21.5 Å². The minimum Gasteiger partial charge on any atom is -0.366 e. The van der Waals surface area contributed by atoms with E-state index in [0.717, 1.165) is 12.1 Å². The molecule has 0 atom stereocenters. The minimum atomic E-state index is -4.42. The molecular formula is C19H15F3N4. The Hall–Kier alpha value is -3.22. The second-order valence-corrected chi connectivity index (χ2v) is 5.43. The van der Waals surface area contributed by atoms with Crippen LogP contribution in [0, 0.1) is 0 Å². The van der Waals surface area contributed by atoms with Crippen LogP contribution in [0.25, 0.3) is 22.8 Å². The van der Waals surface area contributed by atoms with Crippen molar-refractivity contribution in [3.05, 3.63) is 72.9 Å². The highest BCUT2D eigenvalue weighted by atomic mass is 19.4. The van der Waals surface area contributed by atoms with Gasteiger partial charge in [0.2, 0.25) is 0 Å². The van der Waals surface area contributed by atoms with E-state index in [1.807, 2.05) is 0 Å². The van der Waals surface area contributed by atoms with Crippen molar-refractivity contribution in [2.24, 2.45) is 0 Å². The summed E-state index contributed by atoms with van der Waals surface area (Å²) in [6, 6.07) is 11.9. The Labute approximate surface area is 148 Å². The number of rotatable bonds is 5. The summed E-state index contributed by atoms with van der Waals surface area (Å²) in [7, 11) is 0. The molecule has 3 rings (SSSR count). The summed E-state index contributed by atoms with van der Waals surface area (Å²) in [4.78, 5) is 13.0. The van der Waals surface area contributed by atoms with Gasteiger partial charge in [-0.25, -0.2) is 9.97 Å². The second-order valence-electron chi connectivity index (χ2n) is 5.43. The highest BCUT2D eigenvalue weighted by molar-refractivity contribution is 5.67. The van der Waals surface area contributed by atoms with Gasteiger partial charge in [-0.15, -0.1) is 6.58 Å². The zero-order valence-corrected chi connectivity index (χ0v) is 13.7. The smallest absolute Gasteiger partial charge is 0.366 e. The van der Waals surface area contributed by atoms with Gasteiger partial charge in [0, 0.05) is 24.4 Å². The molecule has 0 aliphatic heterocycles.